The first-order valence-electron chi connectivity index (χ1n) is 6.20. The van der Waals surface area contributed by atoms with Gasteiger partial charge < -0.3 is 15.2 Å². The van der Waals surface area contributed by atoms with E-state index in [1.165, 1.54) is 0 Å². The Morgan fingerprint density at radius 1 is 1.44 bits per heavy atom. The Bertz CT molecular complexity index is 249. The molecular weight excluding hydrogens is 206 g/mol. The van der Waals surface area contributed by atoms with Gasteiger partial charge in [-0.05, 0) is 25.8 Å². The molecule has 0 bridgehead atoms. The van der Waals surface area contributed by atoms with Gasteiger partial charge >= 0.3 is 0 Å². The molecule has 0 radical (unpaired) electrons. The minimum absolute atomic E-state index is 0.151. The first-order chi connectivity index (χ1) is 7.76. The summed E-state index contributed by atoms with van der Waals surface area (Å²) in [6, 6.07) is 0. The molecule has 2 N–H and O–H groups in total. The number of hydrogen-bond donors (Lipinski definition) is 1. The third-order valence-electron chi connectivity index (χ3n) is 3.64. The summed E-state index contributed by atoms with van der Waals surface area (Å²) in [5, 5.41) is 0. The molecule has 2 heterocycles. The van der Waals surface area contributed by atoms with E-state index in [4.69, 9.17) is 15.2 Å². The summed E-state index contributed by atoms with van der Waals surface area (Å²) in [5.74, 6) is 0.530. The molecule has 0 saturated carbocycles. The number of ketones is 1. The van der Waals surface area contributed by atoms with Gasteiger partial charge in [0.25, 0.3) is 0 Å². The van der Waals surface area contributed by atoms with E-state index >= 15 is 0 Å². The monoisotopic (exact) mass is 227 g/mol. The topological polar surface area (TPSA) is 61.6 Å². The highest BCUT2D eigenvalue weighted by molar-refractivity contribution is 5.81. The van der Waals surface area contributed by atoms with Crippen LogP contribution in [0.3, 0.4) is 0 Å². The van der Waals surface area contributed by atoms with Gasteiger partial charge in [-0.1, -0.05) is 0 Å². The molecule has 2 aliphatic heterocycles. The van der Waals surface area contributed by atoms with Crippen molar-refractivity contribution in [1.82, 2.24) is 0 Å². The lowest BCUT2D eigenvalue weighted by Crippen LogP contribution is -2.42. The summed E-state index contributed by atoms with van der Waals surface area (Å²) >= 11 is 0. The molecule has 0 amide bonds. The Kier molecular flexibility index (Phi) is 3.95. The van der Waals surface area contributed by atoms with Crippen LogP contribution in [0.2, 0.25) is 0 Å². The highest BCUT2D eigenvalue weighted by Gasteiger charge is 2.42. The second kappa shape index (κ2) is 5.25. The fourth-order valence-corrected chi connectivity index (χ4v) is 2.65. The highest BCUT2D eigenvalue weighted by Crippen LogP contribution is 2.36. The highest BCUT2D eigenvalue weighted by atomic mass is 16.6. The average Bonchev–Trinajstić information content (AvgIpc) is 2.74. The molecule has 0 aromatic rings. The summed E-state index contributed by atoms with van der Waals surface area (Å²) < 4.78 is 11.2. The lowest BCUT2D eigenvalue weighted by Gasteiger charge is -2.36. The van der Waals surface area contributed by atoms with Gasteiger partial charge in [0.2, 0.25) is 0 Å². The van der Waals surface area contributed by atoms with E-state index in [1.807, 2.05) is 0 Å². The Morgan fingerprint density at radius 3 is 3.00 bits per heavy atom. The molecule has 2 saturated heterocycles. The number of carbonyl (C=O) groups is 1. The largest absolute Gasteiger partial charge is 0.378 e. The minimum atomic E-state index is -0.151. The molecule has 2 fully saturated rings. The van der Waals surface area contributed by atoms with Crippen LogP contribution in [-0.2, 0) is 14.3 Å². The quantitative estimate of drug-likeness (QED) is 0.774. The zero-order valence-electron chi connectivity index (χ0n) is 9.74. The van der Waals surface area contributed by atoms with Crippen molar-refractivity contribution in [2.24, 2.45) is 11.7 Å². The molecular formula is C12H21NO3. The summed E-state index contributed by atoms with van der Waals surface area (Å²) in [7, 11) is 0. The fraction of sp³-hybridized carbons (Fsp3) is 0.917. The van der Waals surface area contributed by atoms with Crippen molar-refractivity contribution < 1.29 is 14.3 Å². The van der Waals surface area contributed by atoms with Crippen LogP contribution in [0.1, 0.15) is 32.1 Å². The van der Waals surface area contributed by atoms with Gasteiger partial charge in [-0.25, -0.2) is 0 Å². The Balaban J connectivity index is 1.88. The Labute approximate surface area is 96.5 Å². The third kappa shape index (κ3) is 2.62. The number of Topliss-reactive ketones (excluding diaryl/α,β-unsaturated/α-hetero) is 1. The molecule has 4 nitrogen and oxygen atoms in total. The van der Waals surface area contributed by atoms with Crippen molar-refractivity contribution in [3.05, 3.63) is 0 Å². The molecule has 0 aromatic heterocycles. The van der Waals surface area contributed by atoms with Crippen molar-refractivity contribution in [2.45, 2.75) is 37.7 Å². The molecule has 16 heavy (non-hydrogen) atoms. The maximum Gasteiger partial charge on any atom is 0.136 e. The van der Waals surface area contributed by atoms with Crippen molar-refractivity contribution in [3.63, 3.8) is 0 Å². The second-order valence-electron chi connectivity index (χ2n) is 4.88. The number of hydrogen-bond acceptors (Lipinski definition) is 4. The fourth-order valence-electron chi connectivity index (χ4n) is 2.65. The zero-order chi connectivity index (χ0) is 11.4. The first-order valence-corrected chi connectivity index (χ1v) is 6.20. The van der Waals surface area contributed by atoms with E-state index in [0.29, 0.717) is 32.0 Å². The van der Waals surface area contributed by atoms with Crippen LogP contribution in [0.15, 0.2) is 0 Å². The van der Waals surface area contributed by atoms with Gasteiger partial charge in [-0.3, -0.25) is 4.79 Å². The Hall–Kier alpha value is -0.450. The summed E-state index contributed by atoms with van der Waals surface area (Å²) in [5.41, 5.74) is 5.27. The van der Waals surface area contributed by atoms with Gasteiger partial charge in [0, 0.05) is 32.0 Å². The smallest absolute Gasteiger partial charge is 0.136 e. The van der Waals surface area contributed by atoms with Crippen LogP contribution in [0.4, 0.5) is 0 Å². The summed E-state index contributed by atoms with van der Waals surface area (Å²) in [6.45, 7) is 2.73. The van der Waals surface area contributed by atoms with Crippen molar-refractivity contribution in [3.8, 4) is 0 Å². The molecule has 0 aliphatic carbocycles. The Morgan fingerprint density at radius 2 is 2.31 bits per heavy atom. The summed E-state index contributed by atoms with van der Waals surface area (Å²) in [4.78, 5) is 11.9. The third-order valence-corrected chi connectivity index (χ3v) is 3.64. The van der Waals surface area contributed by atoms with Crippen LogP contribution in [-0.4, -0.2) is 37.7 Å². The van der Waals surface area contributed by atoms with E-state index in [9.17, 15) is 4.79 Å². The van der Waals surface area contributed by atoms with E-state index in [0.717, 1.165) is 32.3 Å². The normalized spacial score (nSPS) is 34.4. The van der Waals surface area contributed by atoms with Crippen molar-refractivity contribution in [2.75, 3.05) is 26.4 Å². The molecule has 92 valence electrons. The molecule has 2 atom stereocenters. The zero-order valence-corrected chi connectivity index (χ0v) is 9.74. The second-order valence-corrected chi connectivity index (χ2v) is 4.88. The van der Waals surface area contributed by atoms with E-state index in [-0.39, 0.29) is 11.5 Å². The van der Waals surface area contributed by atoms with Crippen molar-refractivity contribution in [1.29, 1.82) is 0 Å². The first kappa shape index (κ1) is 12.0. The van der Waals surface area contributed by atoms with E-state index in [1.54, 1.807) is 0 Å². The molecule has 0 aromatic carbocycles. The number of carbonyl (C=O) groups excluding carboxylic acids is 1. The van der Waals surface area contributed by atoms with Crippen LogP contribution < -0.4 is 5.73 Å². The SMILES string of the molecule is NCCCC(=O)C1CCOC2(CCOC2)C1. The number of nitrogens with two attached hydrogens (primary N) is 1. The maximum absolute atomic E-state index is 11.9. The summed E-state index contributed by atoms with van der Waals surface area (Å²) in [6.07, 6.45) is 4.08. The van der Waals surface area contributed by atoms with Crippen LogP contribution in [0, 0.1) is 5.92 Å². The van der Waals surface area contributed by atoms with Gasteiger partial charge in [0.15, 0.2) is 0 Å². The van der Waals surface area contributed by atoms with Gasteiger partial charge in [0.05, 0.1) is 12.2 Å². The van der Waals surface area contributed by atoms with Crippen LogP contribution in [0.5, 0.6) is 0 Å². The van der Waals surface area contributed by atoms with Gasteiger partial charge in [-0.2, -0.15) is 0 Å². The predicted octanol–water partition coefficient (Wildman–Crippen LogP) is 0.880. The molecule has 1 spiro atoms. The standard InChI is InChI=1S/C12H21NO3/c13-5-1-2-11(14)10-3-6-16-12(8-10)4-7-15-9-12/h10H,1-9,13H2. The average molecular weight is 227 g/mol. The molecule has 2 unspecified atom stereocenters. The van der Waals surface area contributed by atoms with Gasteiger partial charge in [0.1, 0.15) is 5.78 Å². The molecule has 2 rings (SSSR count). The predicted molar refractivity (Wildman–Crippen MR) is 60.1 cm³/mol. The number of rotatable bonds is 4. The maximum atomic E-state index is 11.9. The lowest BCUT2D eigenvalue weighted by molar-refractivity contribution is -0.137. The lowest BCUT2D eigenvalue weighted by atomic mass is 9.82. The molecule has 4 heteroatoms. The van der Waals surface area contributed by atoms with Crippen molar-refractivity contribution >= 4 is 5.78 Å². The van der Waals surface area contributed by atoms with Crippen LogP contribution >= 0.6 is 0 Å². The van der Waals surface area contributed by atoms with Crippen LogP contribution in [0.25, 0.3) is 0 Å². The van der Waals surface area contributed by atoms with E-state index in [2.05, 4.69) is 0 Å². The number of ether oxygens (including phenoxy) is 2. The van der Waals surface area contributed by atoms with E-state index < -0.39 is 0 Å². The minimum Gasteiger partial charge on any atom is -0.378 e. The molecule has 2 aliphatic rings. The van der Waals surface area contributed by atoms with Gasteiger partial charge in [-0.15, -0.1) is 0 Å².